The second kappa shape index (κ2) is 9.60. The highest BCUT2D eigenvalue weighted by Crippen LogP contribution is 2.21. The van der Waals surface area contributed by atoms with E-state index in [-0.39, 0.29) is 12.5 Å². The van der Waals surface area contributed by atoms with Gasteiger partial charge in [-0.05, 0) is 50.5 Å². The summed E-state index contributed by atoms with van der Waals surface area (Å²) < 4.78 is 0. The first-order valence-electron chi connectivity index (χ1n) is 10.1. The van der Waals surface area contributed by atoms with Gasteiger partial charge in [0.25, 0.3) is 0 Å². The molecule has 0 saturated carbocycles. The first-order valence-corrected chi connectivity index (χ1v) is 10.1. The van der Waals surface area contributed by atoms with Crippen molar-refractivity contribution >= 4 is 11.9 Å². The van der Waals surface area contributed by atoms with E-state index in [1.165, 1.54) is 18.4 Å². The number of aliphatic imine (C=N–C) groups is 1. The topological polar surface area (TPSA) is 47.9 Å². The minimum absolute atomic E-state index is 0.164. The molecular weight excluding hydrogens is 324 g/mol. The van der Waals surface area contributed by atoms with Crippen LogP contribution in [0.1, 0.15) is 38.2 Å². The van der Waals surface area contributed by atoms with Crippen molar-refractivity contribution in [2.75, 3.05) is 39.3 Å². The van der Waals surface area contributed by atoms with Crippen molar-refractivity contribution in [3.63, 3.8) is 0 Å². The zero-order valence-electron chi connectivity index (χ0n) is 16.0. The van der Waals surface area contributed by atoms with Gasteiger partial charge < -0.3 is 15.1 Å². The van der Waals surface area contributed by atoms with Gasteiger partial charge in [0, 0.05) is 32.7 Å². The molecule has 2 heterocycles. The van der Waals surface area contributed by atoms with E-state index < -0.39 is 0 Å². The van der Waals surface area contributed by atoms with Crippen LogP contribution in [0, 0.1) is 5.92 Å². The molecule has 0 radical (unpaired) electrons. The van der Waals surface area contributed by atoms with Crippen LogP contribution < -0.4 is 5.32 Å². The van der Waals surface area contributed by atoms with Crippen LogP contribution in [0.15, 0.2) is 35.3 Å². The van der Waals surface area contributed by atoms with E-state index in [1.54, 1.807) is 0 Å². The van der Waals surface area contributed by atoms with Crippen LogP contribution in [0.5, 0.6) is 0 Å². The van der Waals surface area contributed by atoms with Gasteiger partial charge in [0.05, 0.1) is 0 Å². The molecule has 1 aromatic rings. The molecule has 26 heavy (non-hydrogen) atoms. The number of rotatable bonds is 5. The van der Waals surface area contributed by atoms with Gasteiger partial charge in [-0.15, -0.1) is 0 Å². The first kappa shape index (κ1) is 18.7. The highest BCUT2D eigenvalue weighted by atomic mass is 16.2. The SMILES string of the molecule is CCNC(=NCC(=O)N1CCCC1)N1CCC(Cc2ccccc2)CC1. The van der Waals surface area contributed by atoms with Crippen LogP contribution in [-0.2, 0) is 11.2 Å². The Balaban J connectivity index is 1.50. The normalized spacial score (nSPS) is 19.0. The van der Waals surface area contributed by atoms with E-state index in [1.807, 2.05) is 4.90 Å². The molecule has 1 N–H and O–H groups in total. The van der Waals surface area contributed by atoms with Crippen molar-refractivity contribution in [3.8, 4) is 0 Å². The number of amides is 1. The van der Waals surface area contributed by atoms with Crippen LogP contribution in [0.25, 0.3) is 0 Å². The highest BCUT2D eigenvalue weighted by molar-refractivity contribution is 5.85. The number of carbonyl (C=O) groups is 1. The lowest BCUT2D eigenvalue weighted by Gasteiger charge is -2.34. The summed E-state index contributed by atoms with van der Waals surface area (Å²) in [7, 11) is 0. The third kappa shape index (κ3) is 5.23. The van der Waals surface area contributed by atoms with E-state index in [0.29, 0.717) is 0 Å². The molecule has 1 amide bonds. The minimum Gasteiger partial charge on any atom is -0.357 e. The summed E-state index contributed by atoms with van der Waals surface area (Å²) in [4.78, 5) is 21.2. The number of nitrogens with zero attached hydrogens (tertiary/aromatic N) is 3. The van der Waals surface area contributed by atoms with Crippen molar-refractivity contribution < 1.29 is 4.79 Å². The molecule has 0 bridgehead atoms. The fourth-order valence-electron chi connectivity index (χ4n) is 3.93. The number of likely N-dealkylation sites (tertiary alicyclic amines) is 2. The average Bonchev–Trinajstić information content (AvgIpc) is 3.21. The highest BCUT2D eigenvalue weighted by Gasteiger charge is 2.22. The summed E-state index contributed by atoms with van der Waals surface area (Å²) in [5, 5.41) is 3.37. The number of hydrogen-bond acceptors (Lipinski definition) is 2. The Morgan fingerprint density at radius 1 is 1.08 bits per heavy atom. The van der Waals surface area contributed by atoms with E-state index in [2.05, 4.69) is 52.5 Å². The molecule has 2 aliphatic heterocycles. The summed E-state index contributed by atoms with van der Waals surface area (Å²) in [6.07, 6.45) is 5.78. The van der Waals surface area contributed by atoms with Crippen molar-refractivity contribution in [3.05, 3.63) is 35.9 Å². The van der Waals surface area contributed by atoms with E-state index in [4.69, 9.17) is 0 Å². The second-order valence-corrected chi connectivity index (χ2v) is 7.38. The zero-order chi connectivity index (χ0) is 18.2. The van der Waals surface area contributed by atoms with E-state index in [9.17, 15) is 4.79 Å². The molecule has 2 aliphatic rings. The molecule has 5 nitrogen and oxygen atoms in total. The van der Waals surface area contributed by atoms with Crippen molar-refractivity contribution in [1.82, 2.24) is 15.1 Å². The van der Waals surface area contributed by atoms with Gasteiger partial charge in [-0.25, -0.2) is 4.99 Å². The molecule has 0 aromatic heterocycles. The number of guanidine groups is 1. The molecule has 0 spiro atoms. The third-order valence-electron chi connectivity index (χ3n) is 5.44. The number of benzene rings is 1. The Bertz CT molecular complexity index is 587. The summed E-state index contributed by atoms with van der Waals surface area (Å²) in [6, 6.07) is 10.8. The molecule has 142 valence electrons. The standard InChI is InChI=1S/C21H32N4O/c1-2-22-21(23-17-20(26)24-12-6-7-13-24)25-14-10-19(11-15-25)16-18-8-4-3-5-9-18/h3-5,8-9,19H,2,6-7,10-17H2,1H3,(H,22,23). The van der Waals surface area contributed by atoms with Gasteiger partial charge in [-0.1, -0.05) is 30.3 Å². The Kier molecular flexibility index (Phi) is 6.92. The predicted octanol–water partition coefficient (Wildman–Crippen LogP) is 2.53. The second-order valence-electron chi connectivity index (χ2n) is 7.38. The van der Waals surface area contributed by atoms with Gasteiger partial charge >= 0.3 is 0 Å². The smallest absolute Gasteiger partial charge is 0.244 e. The van der Waals surface area contributed by atoms with E-state index >= 15 is 0 Å². The quantitative estimate of drug-likeness (QED) is 0.651. The molecule has 3 rings (SSSR count). The maximum atomic E-state index is 12.3. The summed E-state index contributed by atoms with van der Waals surface area (Å²) in [6.45, 7) is 7.01. The lowest BCUT2D eigenvalue weighted by molar-refractivity contribution is -0.128. The Morgan fingerprint density at radius 2 is 1.77 bits per heavy atom. The Labute approximate surface area is 157 Å². The molecule has 0 unspecified atom stereocenters. The number of carbonyl (C=O) groups excluding carboxylic acids is 1. The zero-order valence-corrected chi connectivity index (χ0v) is 16.0. The fourth-order valence-corrected chi connectivity index (χ4v) is 3.93. The molecule has 1 aromatic carbocycles. The third-order valence-corrected chi connectivity index (χ3v) is 5.44. The summed E-state index contributed by atoms with van der Waals surface area (Å²) in [5.74, 6) is 1.80. The average molecular weight is 357 g/mol. The van der Waals surface area contributed by atoms with Crippen LogP contribution in [0.4, 0.5) is 0 Å². The largest absolute Gasteiger partial charge is 0.357 e. The minimum atomic E-state index is 0.164. The maximum Gasteiger partial charge on any atom is 0.244 e. The summed E-state index contributed by atoms with van der Waals surface area (Å²) >= 11 is 0. The molecule has 0 atom stereocenters. The van der Waals surface area contributed by atoms with Crippen molar-refractivity contribution in [2.24, 2.45) is 10.9 Å². The monoisotopic (exact) mass is 356 g/mol. The van der Waals surface area contributed by atoms with Crippen LogP contribution >= 0.6 is 0 Å². The Morgan fingerprint density at radius 3 is 2.42 bits per heavy atom. The number of piperidine rings is 1. The van der Waals surface area contributed by atoms with Crippen LogP contribution in [0.3, 0.4) is 0 Å². The van der Waals surface area contributed by atoms with Crippen molar-refractivity contribution in [1.29, 1.82) is 0 Å². The lowest BCUT2D eigenvalue weighted by Crippen LogP contribution is -2.46. The first-order chi connectivity index (χ1) is 12.8. The van der Waals surface area contributed by atoms with Crippen molar-refractivity contribution in [2.45, 2.75) is 39.0 Å². The van der Waals surface area contributed by atoms with Gasteiger partial charge in [-0.3, -0.25) is 4.79 Å². The molecule has 2 fully saturated rings. The fraction of sp³-hybridized carbons (Fsp3) is 0.619. The predicted molar refractivity (Wildman–Crippen MR) is 106 cm³/mol. The van der Waals surface area contributed by atoms with Crippen LogP contribution in [-0.4, -0.2) is 60.9 Å². The maximum absolute atomic E-state index is 12.3. The Hall–Kier alpha value is -2.04. The van der Waals surface area contributed by atoms with Gasteiger partial charge in [0.2, 0.25) is 5.91 Å². The van der Waals surface area contributed by atoms with Crippen LogP contribution in [0.2, 0.25) is 0 Å². The molecule has 2 saturated heterocycles. The number of nitrogens with one attached hydrogen (secondary N) is 1. The molecule has 5 heteroatoms. The molecular formula is C21H32N4O. The van der Waals surface area contributed by atoms with Gasteiger partial charge in [0.1, 0.15) is 6.54 Å². The van der Waals surface area contributed by atoms with Gasteiger partial charge in [0.15, 0.2) is 5.96 Å². The lowest BCUT2D eigenvalue weighted by atomic mass is 9.90. The van der Waals surface area contributed by atoms with E-state index in [0.717, 1.165) is 63.9 Å². The molecule has 0 aliphatic carbocycles. The van der Waals surface area contributed by atoms with Gasteiger partial charge in [-0.2, -0.15) is 0 Å². The number of hydrogen-bond donors (Lipinski definition) is 1. The summed E-state index contributed by atoms with van der Waals surface area (Å²) in [5.41, 5.74) is 1.43.